The van der Waals surface area contributed by atoms with Crippen LogP contribution in [0, 0.1) is 13.8 Å². The number of ether oxygens (including phenoxy) is 2. The molecule has 0 spiro atoms. The van der Waals surface area contributed by atoms with Gasteiger partial charge in [-0.05, 0) is 38.1 Å². The van der Waals surface area contributed by atoms with E-state index < -0.39 is 36.4 Å². The van der Waals surface area contributed by atoms with Gasteiger partial charge in [-0.25, -0.2) is 14.4 Å². The van der Waals surface area contributed by atoms with Crippen LogP contribution in [0.2, 0.25) is 0 Å². The molecular weight excluding hydrogens is 368 g/mol. The molecule has 0 fully saturated rings. The maximum absolute atomic E-state index is 12.2. The Bertz CT molecular complexity index is 840. The number of carbonyl (C=O) groups excluding carboxylic acids is 2. The molecule has 2 unspecified atom stereocenters. The van der Waals surface area contributed by atoms with E-state index in [4.69, 9.17) is 9.47 Å². The van der Waals surface area contributed by atoms with Gasteiger partial charge in [-0.1, -0.05) is 35.4 Å². The molecule has 3 N–H and O–H groups in total. The largest absolute Gasteiger partial charge is 0.478 e. The highest BCUT2D eigenvalue weighted by atomic mass is 16.6. The summed E-state index contributed by atoms with van der Waals surface area (Å²) in [6.07, 6.45) is -6.54. The van der Waals surface area contributed by atoms with Crippen molar-refractivity contribution < 1.29 is 39.2 Å². The molecule has 0 bridgehead atoms. The van der Waals surface area contributed by atoms with Crippen LogP contribution in [-0.2, 0) is 14.3 Å². The molecule has 0 heterocycles. The Kier molecular flexibility index (Phi) is 6.86. The van der Waals surface area contributed by atoms with E-state index in [0.717, 1.165) is 11.1 Å². The lowest BCUT2D eigenvalue weighted by Crippen LogP contribution is -2.47. The Labute approximate surface area is 161 Å². The van der Waals surface area contributed by atoms with Gasteiger partial charge in [0.25, 0.3) is 0 Å². The number of aliphatic hydroxyl groups is 2. The zero-order valence-electron chi connectivity index (χ0n) is 15.2. The molecule has 148 valence electrons. The summed E-state index contributed by atoms with van der Waals surface area (Å²) in [6.45, 7) is 3.61. The van der Waals surface area contributed by atoms with E-state index in [2.05, 4.69) is 0 Å². The van der Waals surface area contributed by atoms with E-state index in [0.29, 0.717) is 0 Å². The van der Waals surface area contributed by atoms with Gasteiger partial charge < -0.3 is 24.8 Å². The quantitative estimate of drug-likeness (QED) is 0.480. The number of benzene rings is 2. The Morgan fingerprint density at radius 1 is 0.750 bits per heavy atom. The highest BCUT2D eigenvalue weighted by Gasteiger charge is 2.40. The van der Waals surface area contributed by atoms with Gasteiger partial charge in [-0.3, -0.25) is 0 Å². The van der Waals surface area contributed by atoms with Crippen LogP contribution in [0.1, 0.15) is 31.8 Å². The lowest BCUT2D eigenvalue weighted by Gasteiger charge is -2.25. The van der Waals surface area contributed by atoms with Crippen molar-refractivity contribution in [3.8, 4) is 0 Å². The number of hydrogen-bond acceptors (Lipinski definition) is 7. The van der Waals surface area contributed by atoms with Gasteiger partial charge in [-0.15, -0.1) is 0 Å². The van der Waals surface area contributed by atoms with E-state index in [-0.39, 0.29) is 11.1 Å². The molecule has 0 saturated carbocycles. The van der Waals surface area contributed by atoms with Crippen LogP contribution in [0.5, 0.6) is 0 Å². The fourth-order valence-electron chi connectivity index (χ4n) is 2.29. The summed E-state index contributed by atoms with van der Waals surface area (Å²) >= 11 is 0. The number of aryl methyl sites for hydroxylation is 2. The first-order valence-electron chi connectivity index (χ1n) is 8.33. The van der Waals surface area contributed by atoms with Gasteiger partial charge >= 0.3 is 17.9 Å². The van der Waals surface area contributed by atoms with Gasteiger partial charge in [-0.2, -0.15) is 0 Å². The second kappa shape index (κ2) is 9.12. The second-order valence-electron chi connectivity index (χ2n) is 6.18. The average molecular weight is 388 g/mol. The molecule has 2 aromatic carbocycles. The Morgan fingerprint density at radius 2 is 1.14 bits per heavy atom. The van der Waals surface area contributed by atoms with Crippen LogP contribution in [0.15, 0.2) is 48.5 Å². The topological polar surface area (TPSA) is 130 Å². The Hall–Kier alpha value is -3.23. The number of esters is 2. The molecule has 0 saturated heterocycles. The molecule has 0 radical (unpaired) electrons. The fraction of sp³-hybridized carbons (Fsp3) is 0.250. The predicted octanol–water partition coefficient (Wildman–Crippen LogP) is 1.45. The van der Waals surface area contributed by atoms with E-state index >= 15 is 0 Å². The molecule has 2 atom stereocenters. The highest BCUT2D eigenvalue weighted by molar-refractivity contribution is 5.92. The van der Waals surface area contributed by atoms with Crippen LogP contribution in [0.4, 0.5) is 0 Å². The minimum Gasteiger partial charge on any atom is -0.478 e. The summed E-state index contributed by atoms with van der Waals surface area (Å²) in [4.78, 5) is 36.0. The van der Waals surface area contributed by atoms with Crippen molar-refractivity contribution in [3.63, 3.8) is 0 Å². The number of carbonyl (C=O) groups is 3. The van der Waals surface area contributed by atoms with Gasteiger partial charge in [0.2, 0.25) is 6.10 Å². The van der Waals surface area contributed by atoms with Crippen molar-refractivity contribution in [2.24, 2.45) is 0 Å². The van der Waals surface area contributed by atoms with Crippen molar-refractivity contribution in [1.29, 1.82) is 0 Å². The zero-order valence-corrected chi connectivity index (χ0v) is 15.2. The summed E-state index contributed by atoms with van der Waals surface area (Å²) in [6, 6.07) is 12.3. The maximum Gasteiger partial charge on any atom is 0.349 e. The van der Waals surface area contributed by atoms with Crippen molar-refractivity contribution in [3.05, 3.63) is 70.8 Å². The summed E-state index contributed by atoms with van der Waals surface area (Å²) in [5, 5.41) is 28.4. The van der Waals surface area contributed by atoms with Gasteiger partial charge in [0.15, 0.2) is 12.4 Å². The lowest BCUT2D eigenvalue weighted by atomic mass is 10.1. The molecule has 2 rings (SSSR count). The van der Waals surface area contributed by atoms with E-state index in [1.54, 1.807) is 38.1 Å². The smallest absolute Gasteiger partial charge is 0.349 e. The molecule has 8 heteroatoms. The number of aliphatic carboxylic acids is 1. The van der Waals surface area contributed by atoms with E-state index in [1.807, 2.05) is 0 Å². The standard InChI is InChI=1S/C20H20O8/c1-11-3-7-13(8-4-11)19(25)27-15(17(21)22)16(18(23)24)28-20(26)14-9-5-12(2)6-10-14/h3-10,15-17,21-22H,1-2H3,(H,23,24). The third kappa shape index (κ3) is 5.38. The minimum atomic E-state index is -2.39. The van der Waals surface area contributed by atoms with Crippen LogP contribution < -0.4 is 0 Å². The SMILES string of the molecule is Cc1ccc(C(=O)OC(C(=O)O)C(OC(=O)c2ccc(C)cc2)C(O)O)cc1. The van der Waals surface area contributed by atoms with Crippen LogP contribution in [0.25, 0.3) is 0 Å². The first-order valence-corrected chi connectivity index (χ1v) is 8.33. The normalized spacial score (nSPS) is 12.9. The van der Waals surface area contributed by atoms with Crippen LogP contribution in [0.3, 0.4) is 0 Å². The molecule has 28 heavy (non-hydrogen) atoms. The van der Waals surface area contributed by atoms with Gasteiger partial charge in [0, 0.05) is 0 Å². The summed E-state index contributed by atoms with van der Waals surface area (Å²) in [5.41, 5.74) is 1.89. The first-order chi connectivity index (χ1) is 13.2. The maximum atomic E-state index is 12.2. The van der Waals surface area contributed by atoms with Crippen molar-refractivity contribution in [2.75, 3.05) is 0 Å². The predicted molar refractivity (Wildman–Crippen MR) is 96.6 cm³/mol. The van der Waals surface area contributed by atoms with Gasteiger partial charge in [0.05, 0.1) is 11.1 Å². The minimum absolute atomic E-state index is 0.0629. The molecule has 0 amide bonds. The van der Waals surface area contributed by atoms with Crippen LogP contribution in [-0.4, -0.2) is 51.7 Å². The molecule has 0 aliphatic rings. The Balaban J connectivity index is 2.20. The van der Waals surface area contributed by atoms with Crippen molar-refractivity contribution in [2.45, 2.75) is 32.3 Å². The summed E-state index contributed by atoms with van der Waals surface area (Å²) in [5.74, 6) is -3.70. The molecule has 2 aromatic rings. The van der Waals surface area contributed by atoms with Gasteiger partial charge in [0.1, 0.15) is 0 Å². The second-order valence-corrected chi connectivity index (χ2v) is 6.18. The fourth-order valence-corrected chi connectivity index (χ4v) is 2.29. The number of rotatable bonds is 7. The molecule has 8 nitrogen and oxygen atoms in total. The third-order valence-corrected chi connectivity index (χ3v) is 3.89. The van der Waals surface area contributed by atoms with Crippen LogP contribution >= 0.6 is 0 Å². The van der Waals surface area contributed by atoms with E-state index in [1.165, 1.54) is 24.3 Å². The first kappa shape index (κ1) is 21.1. The monoisotopic (exact) mass is 388 g/mol. The van der Waals surface area contributed by atoms with Crippen molar-refractivity contribution in [1.82, 2.24) is 0 Å². The van der Waals surface area contributed by atoms with Crippen molar-refractivity contribution >= 4 is 17.9 Å². The van der Waals surface area contributed by atoms with E-state index in [9.17, 15) is 29.7 Å². The number of carboxylic acid groups (broad SMARTS) is 1. The third-order valence-electron chi connectivity index (χ3n) is 3.89. The molecule has 0 aliphatic carbocycles. The zero-order chi connectivity index (χ0) is 20.8. The highest BCUT2D eigenvalue weighted by Crippen LogP contribution is 2.15. The summed E-state index contributed by atoms with van der Waals surface area (Å²) in [7, 11) is 0. The number of aliphatic hydroxyl groups excluding tert-OH is 1. The molecular formula is C20H20O8. The molecule has 0 aliphatic heterocycles. The Morgan fingerprint density at radius 3 is 1.50 bits per heavy atom. The molecule has 0 aromatic heterocycles. The average Bonchev–Trinajstić information content (AvgIpc) is 2.64. The lowest BCUT2D eigenvalue weighted by molar-refractivity contribution is -0.181. The number of carboxylic acids is 1. The summed E-state index contributed by atoms with van der Waals surface area (Å²) < 4.78 is 9.80. The number of hydrogen-bond donors (Lipinski definition) is 3.